The molecule has 2 aromatic carbocycles. The number of pyridine rings is 1. The molecule has 0 radical (unpaired) electrons. The predicted molar refractivity (Wildman–Crippen MR) is 111 cm³/mol. The molecular weight excluding hydrogens is 354 g/mol. The van der Waals surface area contributed by atoms with E-state index in [1.165, 1.54) is 11.8 Å². The second-order valence-corrected chi connectivity index (χ2v) is 6.13. The number of anilines is 3. The van der Waals surface area contributed by atoms with Crippen LogP contribution in [0.15, 0.2) is 60.8 Å². The van der Waals surface area contributed by atoms with Crippen LogP contribution < -0.4 is 20.1 Å². The summed E-state index contributed by atoms with van der Waals surface area (Å²) >= 11 is 0. The lowest BCUT2D eigenvalue weighted by molar-refractivity contribution is 0.102. The number of nitrogens with one attached hydrogen (secondary N) is 2. The highest BCUT2D eigenvalue weighted by atomic mass is 16.5. The average Bonchev–Trinajstić information content (AvgIpc) is 2.74. The van der Waals surface area contributed by atoms with Crippen molar-refractivity contribution in [2.75, 3.05) is 24.9 Å². The minimum atomic E-state index is -0.280. The smallest absolute Gasteiger partial charge is 0.257 e. The zero-order valence-corrected chi connectivity index (χ0v) is 16.2. The summed E-state index contributed by atoms with van der Waals surface area (Å²) in [6, 6.07) is 16.9. The Kier molecular flexibility index (Phi) is 6.11. The molecule has 0 bridgehead atoms. The molecule has 0 fully saturated rings. The molecule has 6 nitrogen and oxygen atoms in total. The summed E-state index contributed by atoms with van der Waals surface area (Å²) in [5.41, 5.74) is 3.20. The fraction of sp³-hybridized carbons (Fsp3) is 0.182. The van der Waals surface area contributed by atoms with Crippen LogP contribution in [0.2, 0.25) is 0 Å². The molecule has 2 N–H and O–H groups in total. The Hall–Kier alpha value is -3.54. The molecule has 3 rings (SSSR count). The van der Waals surface area contributed by atoms with Gasteiger partial charge in [0.1, 0.15) is 17.3 Å². The van der Waals surface area contributed by atoms with Crippen LogP contribution in [0, 0.1) is 0 Å². The van der Waals surface area contributed by atoms with Gasteiger partial charge in [-0.2, -0.15) is 0 Å². The van der Waals surface area contributed by atoms with E-state index in [4.69, 9.17) is 9.47 Å². The first-order chi connectivity index (χ1) is 13.6. The third-order valence-electron chi connectivity index (χ3n) is 4.32. The van der Waals surface area contributed by atoms with Crippen LogP contribution >= 0.6 is 0 Å². The van der Waals surface area contributed by atoms with Crippen LogP contribution in [0.25, 0.3) is 0 Å². The van der Waals surface area contributed by atoms with Gasteiger partial charge < -0.3 is 20.1 Å². The molecule has 0 aliphatic carbocycles. The van der Waals surface area contributed by atoms with E-state index in [1.807, 2.05) is 12.1 Å². The number of ether oxygens (including phenoxy) is 2. The highest BCUT2D eigenvalue weighted by Crippen LogP contribution is 2.29. The Morgan fingerprint density at radius 1 is 1.00 bits per heavy atom. The molecule has 3 aromatic rings. The highest BCUT2D eigenvalue weighted by Gasteiger charge is 2.11. The zero-order chi connectivity index (χ0) is 19.9. The first-order valence-corrected chi connectivity index (χ1v) is 8.98. The Morgan fingerprint density at radius 2 is 1.79 bits per heavy atom. The largest absolute Gasteiger partial charge is 0.497 e. The monoisotopic (exact) mass is 377 g/mol. The number of aromatic nitrogens is 1. The van der Waals surface area contributed by atoms with Gasteiger partial charge in [0, 0.05) is 18.0 Å². The van der Waals surface area contributed by atoms with Crippen molar-refractivity contribution in [2.45, 2.75) is 13.3 Å². The quantitative estimate of drug-likeness (QED) is 0.627. The molecule has 0 aliphatic heterocycles. The van der Waals surface area contributed by atoms with Crippen molar-refractivity contribution in [3.8, 4) is 11.5 Å². The standard InChI is InChI=1S/C22H23N3O3/c1-4-15-5-8-17(9-6-15)24-21-12-7-16(14-23-21)22(26)25-19-13-18(27-2)10-11-20(19)28-3/h5-14H,4H2,1-3H3,(H,23,24)(H,25,26). The second kappa shape index (κ2) is 8.90. The van der Waals surface area contributed by atoms with Crippen molar-refractivity contribution in [2.24, 2.45) is 0 Å². The number of hydrogen-bond donors (Lipinski definition) is 2. The molecule has 28 heavy (non-hydrogen) atoms. The van der Waals surface area contributed by atoms with E-state index in [-0.39, 0.29) is 5.91 Å². The van der Waals surface area contributed by atoms with Crippen LogP contribution in [0.1, 0.15) is 22.8 Å². The summed E-state index contributed by atoms with van der Waals surface area (Å²) in [5, 5.41) is 6.05. The van der Waals surface area contributed by atoms with Gasteiger partial charge in [-0.25, -0.2) is 4.98 Å². The fourth-order valence-corrected chi connectivity index (χ4v) is 2.68. The summed E-state index contributed by atoms with van der Waals surface area (Å²) in [7, 11) is 3.12. The Bertz CT molecular complexity index is 938. The van der Waals surface area contributed by atoms with Gasteiger partial charge in [0.15, 0.2) is 0 Å². The maximum absolute atomic E-state index is 12.6. The number of benzene rings is 2. The fourth-order valence-electron chi connectivity index (χ4n) is 2.68. The van der Waals surface area contributed by atoms with Gasteiger partial charge in [-0.15, -0.1) is 0 Å². The van der Waals surface area contributed by atoms with E-state index in [9.17, 15) is 4.79 Å². The summed E-state index contributed by atoms with van der Waals surface area (Å²) in [4.78, 5) is 16.9. The SMILES string of the molecule is CCc1ccc(Nc2ccc(C(=O)Nc3cc(OC)ccc3OC)cn2)cc1. The Labute approximate surface area is 164 Å². The van der Waals surface area contributed by atoms with Crippen molar-refractivity contribution in [1.82, 2.24) is 4.98 Å². The van der Waals surface area contributed by atoms with Gasteiger partial charge >= 0.3 is 0 Å². The Balaban J connectivity index is 1.69. The summed E-state index contributed by atoms with van der Waals surface area (Å²) in [5.74, 6) is 1.57. The topological polar surface area (TPSA) is 72.5 Å². The van der Waals surface area contributed by atoms with Crippen LogP contribution in [0.3, 0.4) is 0 Å². The van der Waals surface area contributed by atoms with Gasteiger partial charge in [-0.1, -0.05) is 19.1 Å². The molecule has 144 valence electrons. The minimum absolute atomic E-state index is 0.280. The number of amides is 1. The first-order valence-electron chi connectivity index (χ1n) is 8.98. The number of aryl methyl sites for hydroxylation is 1. The van der Waals surface area contributed by atoms with E-state index in [0.29, 0.717) is 28.6 Å². The van der Waals surface area contributed by atoms with Crippen LogP contribution in [0.5, 0.6) is 11.5 Å². The normalized spacial score (nSPS) is 10.2. The zero-order valence-electron chi connectivity index (χ0n) is 16.2. The predicted octanol–water partition coefficient (Wildman–Crippen LogP) is 4.66. The lowest BCUT2D eigenvalue weighted by Crippen LogP contribution is -2.13. The number of rotatable bonds is 7. The van der Waals surface area contributed by atoms with Crippen molar-refractivity contribution < 1.29 is 14.3 Å². The Morgan fingerprint density at radius 3 is 2.39 bits per heavy atom. The number of carbonyl (C=O) groups is 1. The molecule has 1 aromatic heterocycles. The van der Waals surface area contributed by atoms with E-state index >= 15 is 0 Å². The molecule has 1 amide bonds. The van der Waals surface area contributed by atoms with Gasteiger partial charge in [0.25, 0.3) is 5.91 Å². The van der Waals surface area contributed by atoms with E-state index in [1.54, 1.807) is 44.6 Å². The van der Waals surface area contributed by atoms with Crippen molar-refractivity contribution >= 4 is 23.1 Å². The third-order valence-corrected chi connectivity index (χ3v) is 4.32. The van der Waals surface area contributed by atoms with E-state index in [0.717, 1.165) is 12.1 Å². The number of methoxy groups -OCH3 is 2. The van der Waals surface area contributed by atoms with E-state index in [2.05, 4.69) is 34.7 Å². The molecule has 0 spiro atoms. The molecule has 0 saturated heterocycles. The number of hydrogen-bond acceptors (Lipinski definition) is 5. The van der Waals surface area contributed by atoms with Crippen molar-refractivity contribution in [1.29, 1.82) is 0 Å². The first kappa shape index (κ1) is 19.2. The maximum Gasteiger partial charge on any atom is 0.257 e. The van der Waals surface area contributed by atoms with Crippen molar-refractivity contribution in [3.63, 3.8) is 0 Å². The number of nitrogens with zero attached hydrogens (tertiary/aromatic N) is 1. The number of carbonyl (C=O) groups excluding carboxylic acids is 1. The molecule has 0 aliphatic rings. The minimum Gasteiger partial charge on any atom is -0.497 e. The average molecular weight is 377 g/mol. The maximum atomic E-state index is 12.6. The lowest BCUT2D eigenvalue weighted by Gasteiger charge is -2.12. The third kappa shape index (κ3) is 4.59. The molecule has 6 heteroatoms. The molecule has 1 heterocycles. The van der Waals surface area contributed by atoms with Crippen LogP contribution in [-0.4, -0.2) is 25.1 Å². The van der Waals surface area contributed by atoms with Gasteiger partial charge in [-0.3, -0.25) is 4.79 Å². The van der Waals surface area contributed by atoms with Crippen LogP contribution in [0.4, 0.5) is 17.2 Å². The van der Waals surface area contributed by atoms with Gasteiger partial charge in [-0.05, 0) is 48.4 Å². The molecular formula is C22H23N3O3. The summed E-state index contributed by atoms with van der Waals surface area (Å²) in [6.45, 7) is 2.12. The van der Waals surface area contributed by atoms with E-state index < -0.39 is 0 Å². The second-order valence-electron chi connectivity index (χ2n) is 6.13. The summed E-state index contributed by atoms with van der Waals surface area (Å²) in [6.07, 6.45) is 2.53. The molecule has 0 atom stereocenters. The van der Waals surface area contributed by atoms with Gasteiger partial charge in [0.2, 0.25) is 0 Å². The highest BCUT2D eigenvalue weighted by molar-refractivity contribution is 6.05. The molecule has 0 saturated carbocycles. The van der Waals surface area contributed by atoms with Crippen molar-refractivity contribution in [3.05, 3.63) is 71.9 Å². The summed E-state index contributed by atoms with van der Waals surface area (Å²) < 4.78 is 10.5. The van der Waals surface area contributed by atoms with Gasteiger partial charge in [0.05, 0.1) is 25.5 Å². The van der Waals surface area contributed by atoms with Crippen LogP contribution in [-0.2, 0) is 6.42 Å². The lowest BCUT2D eigenvalue weighted by atomic mass is 10.1. The molecule has 0 unspecified atom stereocenters.